The fourth-order valence-electron chi connectivity index (χ4n) is 1.76. The molecular weight excluding hydrogens is 349 g/mol. The second-order valence-corrected chi connectivity index (χ2v) is 5.29. The van der Waals surface area contributed by atoms with Gasteiger partial charge in [-0.1, -0.05) is 15.9 Å². The molecule has 2 aromatic rings. The molecule has 0 aromatic heterocycles. The Morgan fingerprint density at radius 1 is 1.14 bits per heavy atom. The van der Waals surface area contributed by atoms with Crippen molar-refractivity contribution in [3.63, 3.8) is 0 Å². The molecule has 110 valence electrons. The van der Waals surface area contributed by atoms with Crippen LogP contribution in [0.2, 0.25) is 0 Å². The molecule has 0 aliphatic heterocycles. The number of hydrogen-bond donors (Lipinski definition) is 2. The minimum atomic E-state index is -1.59. The first kappa shape index (κ1) is 15.4. The standard InChI is InChI=1S/C14H10BrF3N2O/c1-6-9(2-7(15)3-12(6)19)14(21)20-8-4-10(16)13(18)11(17)5-8/h2-5H,19H2,1H3,(H,20,21). The van der Waals surface area contributed by atoms with Gasteiger partial charge < -0.3 is 11.1 Å². The van der Waals surface area contributed by atoms with E-state index in [1.54, 1.807) is 13.0 Å². The summed E-state index contributed by atoms with van der Waals surface area (Å²) in [5.41, 5.74) is 6.72. The van der Waals surface area contributed by atoms with Gasteiger partial charge >= 0.3 is 0 Å². The molecule has 3 N–H and O–H groups in total. The second-order valence-electron chi connectivity index (χ2n) is 4.38. The topological polar surface area (TPSA) is 55.1 Å². The first-order valence-corrected chi connectivity index (χ1v) is 6.60. The third kappa shape index (κ3) is 3.18. The molecule has 0 fully saturated rings. The monoisotopic (exact) mass is 358 g/mol. The number of nitrogen functional groups attached to an aromatic ring is 1. The van der Waals surface area contributed by atoms with Crippen molar-refractivity contribution in [3.05, 3.63) is 57.3 Å². The van der Waals surface area contributed by atoms with Crippen molar-refractivity contribution in [1.82, 2.24) is 0 Å². The van der Waals surface area contributed by atoms with Gasteiger partial charge in [0.15, 0.2) is 17.5 Å². The highest BCUT2D eigenvalue weighted by Gasteiger charge is 2.15. The van der Waals surface area contributed by atoms with E-state index in [-0.39, 0.29) is 11.3 Å². The third-order valence-corrected chi connectivity index (χ3v) is 3.36. The van der Waals surface area contributed by atoms with Gasteiger partial charge in [0, 0.05) is 33.5 Å². The van der Waals surface area contributed by atoms with Crippen LogP contribution in [0.5, 0.6) is 0 Å². The fraction of sp³-hybridized carbons (Fsp3) is 0.0714. The summed E-state index contributed by atoms with van der Waals surface area (Å²) in [5.74, 6) is -4.95. The summed E-state index contributed by atoms with van der Waals surface area (Å²) in [6.45, 7) is 1.64. The lowest BCUT2D eigenvalue weighted by Crippen LogP contribution is -2.15. The Labute approximate surface area is 127 Å². The maximum atomic E-state index is 13.1. The molecule has 0 atom stereocenters. The number of anilines is 2. The number of halogens is 4. The molecule has 2 aromatic carbocycles. The van der Waals surface area contributed by atoms with Gasteiger partial charge in [0.2, 0.25) is 0 Å². The van der Waals surface area contributed by atoms with Crippen LogP contribution >= 0.6 is 15.9 Å². The number of benzene rings is 2. The third-order valence-electron chi connectivity index (χ3n) is 2.90. The van der Waals surface area contributed by atoms with Crippen LogP contribution in [0, 0.1) is 24.4 Å². The Bertz CT molecular complexity index is 711. The number of nitrogens with two attached hydrogens (primary N) is 1. The molecule has 0 unspecified atom stereocenters. The Morgan fingerprint density at radius 2 is 1.71 bits per heavy atom. The van der Waals surface area contributed by atoms with E-state index >= 15 is 0 Å². The smallest absolute Gasteiger partial charge is 0.256 e. The Morgan fingerprint density at radius 3 is 2.29 bits per heavy atom. The van der Waals surface area contributed by atoms with E-state index in [1.807, 2.05) is 0 Å². The molecule has 0 spiro atoms. The maximum Gasteiger partial charge on any atom is 0.256 e. The van der Waals surface area contributed by atoms with Gasteiger partial charge in [0.25, 0.3) is 5.91 Å². The number of hydrogen-bond acceptors (Lipinski definition) is 2. The Kier molecular flexibility index (Phi) is 4.22. The zero-order valence-electron chi connectivity index (χ0n) is 10.8. The predicted molar refractivity (Wildman–Crippen MR) is 77.6 cm³/mol. The van der Waals surface area contributed by atoms with E-state index in [9.17, 15) is 18.0 Å². The van der Waals surface area contributed by atoms with E-state index in [1.165, 1.54) is 6.07 Å². The van der Waals surface area contributed by atoms with Crippen molar-refractivity contribution in [3.8, 4) is 0 Å². The number of carbonyl (C=O) groups excluding carboxylic acids is 1. The molecular formula is C14H10BrF3N2O. The number of carbonyl (C=O) groups is 1. The van der Waals surface area contributed by atoms with Gasteiger partial charge in [0.05, 0.1) is 0 Å². The lowest BCUT2D eigenvalue weighted by atomic mass is 10.1. The van der Waals surface area contributed by atoms with Crippen LogP contribution in [-0.2, 0) is 0 Å². The number of nitrogens with one attached hydrogen (secondary N) is 1. The van der Waals surface area contributed by atoms with Crippen molar-refractivity contribution in [2.75, 3.05) is 11.1 Å². The summed E-state index contributed by atoms with van der Waals surface area (Å²) >= 11 is 3.20. The molecule has 0 bridgehead atoms. The lowest BCUT2D eigenvalue weighted by Gasteiger charge is -2.11. The zero-order valence-corrected chi connectivity index (χ0v) is 12.4. The van der Waals surface area contributed by atoms with Crippen LogP contribution in [0.4, 0.5) is 24.5 Å². The summed E-state index contributed by atoms with van der Waals surface area (Å²) in [5, 5.41) is 2.30. The van der Waals surface area contributed by atoms with Gasteiger partial charge in [-0.15, -0.1) is 0 Å². The van der Waals surface area contributed by atoms with Gasteiger partial charge in [-0.2, -0.15) is 0 Å². The maximum absolute atomic E-state index is 13.1. The molecule has 2 rings (SSSR count). The predicted octanol–water partition coefficient (Wildman–Crippen LogP) is 4.01. The quantitative estimate of drug-likeness (QED) is 0.629. The van der Waals surface area contributed by atoms with Crippen molar-refractivity contribution in [1.29, 1.82) is 0 Å². The molecule has 0 aliphatic carbocycles. The average molecular weight is 359 g/mol. The summed E-state index contributed by atoms with van der Waals surface area (Å²) in [7, 11) is 0. The van der Waals surface area contributed by atoms with Crippen LogP contribution in [0.15, 0.2) is 28.7 Å². The molecule has 0 heterocycles. The fourth-order valence-corrected chi connectivity index (χ4v) is 2.24. The minimum Gasteiger partial charge on any atom is -0.398 e. The Balaban J connectivity index is 2.35. The molecule has 1 amide bonds. The van der Waals surface area contributed by atoms with Crippen LogP contribution in [0.3, 0.4) is 0 Å². The summed E-state index contributed by atoms with van der Waals surface area (Å²) in [4.78, 5) is 12.1. The first-order valence-electron chi connectivity index (χ1n) is 5.81. The molecule has 7 heteroatoms. The van der Waals surface area contributed by atoms with Gasteiger partial charge in [-0.3, -0.25) is 4.79 Å². The molecule has 0 aliphatic rings. The van der Waals surface area contributed by atoms with Crippen molar-refractivity contribution >= 4 is 33.2 Å². The van der Waals surface area contributed by atoms with Crippen LogP contribution in [-0.4, -0.2) is 5.91 Å². The van der Waals surface area contributed by atoms with Gasteiger partial charge in [-0.25, -0.2) is 13.2 Å². The van der Waals surface area contributed by atoms with Crippen molar-refractivity contribution < 1.29 is 18.0 Å². The Hall–Kier alpha value is -2.02. The van der Waals surface area contributed by atoms with E-state index < -0.39 is 23.4 Å². The normalized spacial score (nSPS) is 10.5. The highest BCUT2D eigenvalue weighted by molar-refractivity contribution is 9.10. The van der Waals surface area contributed by atoms with Gasteiger partial charge in [-0.05, 0) is 24.6 Å². The molecule has 0 radical (unpaired) electrons. The van der Waals surface area contributed by atoms with Crippen molar-refractivity contribution in [2.45, 2.75) is 6.92 Å². The second kappa shape index (κ2) is 5.77. The largest absolute Gasteiger partial charge is 0.398 e. The lowest BCUT2D eigenvalue weighted by molar-refractivity contribution is 0.102. The summed E-state index contributed by atoms with van der Waals surface area (Å²) < 4.78 is 39.7. The van der Waals surface area contributed by atoms with E-state index in [4.69, 9.17) is 5.73 Å². The van der Waals surface area contributed by atoms with Crippen LogP contribution < -0.4 is 11.1 Å². The SMILES string of the molecule is Cc1c(N)cc(Br)cc1C(=O)Nc1cc(F)c(F)c(F)c1. The molecule has 21 heavy (non-hydrogen) atoms. The van der Waals surface area contributed by atoms with E-state index in [0.717, 1.165) is 0 Å². The highest BCUT2D eigenvalue weighted by atomic mass is 79.9. The summed E-state index contributed by atoms with van der Waals surface area (Å²) in [6, 6.07) is 4.56. The molecule has 3 nitrogen and oxygen atoms in total. The van der Waals surface area contributed by atoms with Crippen LogP contribution in [0.1, 0.15) is 15.9 Å². The minimum absolute atomic E-state index is 0.186. The summed E-state index contributed by atoms with van der Waals surface area (Å²) in [6.07, 6.45) is 0. The van der Waals surface area contributed by atoms with Crippen LogP contribution in [0.25, 0.3) is 0 Å². The van der Waals surface area contributed by atoms with E-state index in [0.29, 0.717) is 27.9 Å². The average Bonchev–Trinajstić information content (AvgIpc) is 2.39. The highest BCUT2D eigenvalue weighted by Crippen LogP contribution is 2.24. The first-order chi connectivity index (χ1) is 9.79. The molecule has 0 saturated carbocycles. The van der Waals surface area contributed by atoms with E-state index in [2.05, 4.69) is 21.2 Å². The molecule has 0 saturated heterocycles. The van der Waals surface area contributed by atoms with Crippen molar-refractivity contribution in [2.24, 2.45) is 0 Å². The number of rotatable bonds is 2. The zero-order chi connectivity index (χ0) is 15.7. The van der Waals surface area contributed by atoms with Gasteiger partial charge in [0.1, 0.15) is 0 Å². The number of amides is 1.